The van der Waals surface area contributed by atoms with Gasteiger partial charge in [-0.2, -0.15) is 9.78 Å². The molecule has 1 saturated heterocycles. The minimum absolute atomic E-state index is 0.0109. The van der Waals surface area contributed by atoms with E-state index in [0.29, 0.717) is 40.5 Å². The summed E-state index contributed by atoms with van der Waals surface area (Å²) in [5.74, 6) is 0.119. The predicted octanol–water partition coefficient (Wildman–Crippen LogP) is 3.45. The van der Waals surface area contributed by atoms with Crippen LogP contribution in [0.2, 0.25) is 5.02 Å². The zero-order valence-electron chi connectivity index (χ0n) is 18.3. The monoisotopic (exact) mass is 466 g/mol. The van der Waals surface area contributed by atoms with E-state index in [1.54, 1.807) is 22.8 Å². The van der Waals surface area contributed by atoms with Crippen LogP contribution < -0.4 is 15.6 Å². The number of methoxy groups -OCH3 is 1. The maximum atomic E-state index is 13.6. The number of halogens is 1. The van der Waals surface area contributed by atoms with Gasteiger partial charge in [-0.15, -0.1) is 0 Å². The van der Waals surface area contributed by atoms with Crippen LogP contribution in [0.4, 0.5) is 0 Å². The molecule has 1 aliphatic rings. The maximum absolute atomic E-state index is 13.6. The van der Waals surface area contributed by atoms with Crippen LogP contribution >= 0.6 is 11.6 Å². The van der Waals surface area contributed by atoms with Crippen molar-refractivity contribution < 1.29 is 14.3 Å². The molecule has 0 bridgehead atoms. The van der Waals surface area contributed by atoms with Crippen LogP contribution in [-0.2, 0) is 11.8 Å². The number of nitrogens with one attached hydrogen (secondary N) is 1. The number of carbonyl (C=O) groups excluding carboxylic acids is 1. The van der Waals surface area contributed by atoms with Gasteiger partial charge in [0.05, 0.1) is 23.9 Å². The zero-order valence-corrected chi connectivity index (χ0v) is 19.1. The number of amides is 1. The minimum Gasteiger partial charge on any atom is -0.495 e. The summed E-state index contributed by atoms with van der Waals surface area (Å²) in [5, 5.41) is 9.11. The van der Waals surface area contributed by atoms with Gasteiger partial charge in [0.2, 0.25) is 0 Å². The molecule has 0 saturated carbocycles. The van der Waals surface area contributed by atoms with E-state index in [4.69, 9.17) is 21.1 Å². The number of rotatable bonds is 5. The highest BCUT2D eigenvalue weighted by Crippen LogP contribution is 2.30. The average Bonchev–Trinajstić information content (AvgIpc) is 3.45. The van der Waals surface area contributed by atoms with Gasteiger partial charge in [0.1, 0.15) is 11.3 Å². The smallest absolute Gasteiger partial charge is 0.296 e. The van der Waals surface area contributed by atoms with Crippen molar-refractivity contribution in [1.29, 1.82) is 0 Å². The SMILES string of the molecule is COc1ccc(-n2nc(C(=O)NC[C@@H]3CCCO3)c3c4ccccc4n(C)c3c2=O)cc1Cl. The van der Waals surface area contributed by atoms with Crippen LogP contribution in [0.15, 0.2) is 47.3 Å². The third-order valence-corrected chi connectivity index (χ3v) is 6.34. The summed E-state index contributed by atoms with van der Waals surface area (Å²) in [4.78, 5) is 26.9. The van der Waals surface area contributed by atoms with Gasteiger partial charge in [0.25, 0.3) is 11.5 Å². The number of ether oxygens (including phenoxy) is 2. The molecule has 0 unspecified atom stereocenters. The highest BCUT2D eigenvalue weighted by atomic mass is 35.5. The standard InChI is InChI=1S/C24H23ClN4O4/c1-28-18-8-4-3-7-16(18)20-21(23(30)26-13-15-6-5-11-33-15)27-29(24(31)22(20)28)14-9-10-19(32-2)17(25)12-14/h3-4,7-10,12,15H,5-6,11,13H2,1-2H3,(H,26,30)/t15-/m0/s1. The summed E-state index contributed by atoms with van der Waals surface area (Å²) in [5.41, 5.74) is 1.49. The molecule has 33 heavy (non-hydrogen) atoms. The first kappa shape index (κ1) is 21.5. The van der Waals surface area contributed by atoms with Gasteiger partial charge in [0, 0.05) is 36.5 Å². The van der Waals surface area contributed by atoms with Gasteiger partial charge in [0.15, 0.2) is 5.69 Å². The van der Waals surface area contributed by atoms with Crippen molar-refractivity contribution in [3.05, 3.63) is 63.5 Å². The lowest BCUT2D eigenvalue weighted by Gasteiger charge is -2.13. The average molecular weight is 467 g/mol. The fourth-order valence-corrected chi connectivity index (χ4v) is 4.65. The van der Waals surface area contributed by atoms with Crippen LogP contribution in [-0.4, -0.2) is 46.6 Å². The van der Waals surface area contributed by atoms with Crippen LogP contribution in [0.25, 0.3) is 27.5 Å². The van der Waals surface area contributed by atoms with E-state index in [-0.39, 0.29) is 23.3 Å². The summed E-state index contributed by atoms with van der Waals surface area (Å²) < 4.78 is 13.9. The number of nitrogens with zero attached hydrogens (tertiary/aromatic N) is 3. The molecule has 4 aromatic rings. The van der Waals surface area contributed by atoms with Crippen molar-refractivity contribution in [2.75, 3.05) is 20.3 Å². The van der Waals surface area contributed by atoms with E-state index in [0.717, 1.165) is 23.7 Å². The Bertz CT molecular complexity index is 1440. The molecule has 0 aliphatic carbocycles. The molecule has 2 aromatic carbocycles. The van der Waals surface area contributed by atoms with Gasteiger partial charge in [-0.1, -0.05) is 29.8 Å². The maximum Gasteiger partial charge on any atom is 0.296 e. The first-order valence-corrected chi connectivity index (χ1v) is 11.1. The topological polar surface area (TPSA) is 87.4 Å². The molecule has 0 spiro atoms. The number of aryl methyl sites for hydroxylation is 1. The molecule has 1 atom stereocenters. The molecule has 1 aliphatic heterocycles. The van der Waals surface area contributed by atoms with Crippen molar-refractivity contribution in [2.24, 2.45) is 7.05 Å². The summed E-state index contributed by atoms with van der Waals surface area (Å²) in [6.07, 6.45) is 1.87. The number of benzene rings is 2. The summed E-state index contributed by atoms with van der Waals surface area (Å²) in [6, 6.07) is 12.5. The third kappa shape index (κ3) is 3.65. The normalized spacial score (nSPS) is 15.9. The number of fused-ring (bicyclic) bond motifs is 3. The molecule has 9 heteroatoms. The van der Waals surface area contributed by atoms with Crippen LogP contribution in [0.5, 0.6) is 5.75 Å². The lowest BCUT2D eigenvalue weighted by atomic mass is 10.1. The Morgan fingerprint density at radius 2 is 2.12 bits per heavy atom. The molecule has 5 rings (SSSR count). The number of aromatic nitrogens is 3. The molecule has 2 aromatic heterocycles. The van der Waals surface area contributed by atoms with Gasteiger partial charge in [-0.05, 0) is 37.1 Å². The Morgan fingerprint density at radius 1 is 1.30 bits per heavy atom. The van der Waals surface area contributed by atoms with E-state index < -0.39 is 0 Å². The number of para-hydroxylation sites is 1. The van der Waals surface area contributed by atoms with E-state index >= 15 is 0 Å². The molecule has 1 amide bonds. The van der Waals surface area contributed by atoms with E-state index in [1.165, 1.54) is 11.8 Å². The van der Waals surface area contributed by atoms with Crippen molar-refractivity contribution in [3.8, 4) is 11.4 Å². The Morgan fingerprint density at radius 3 is 2.85 bits per heavy atom. The molecule has 8 nitrogen and oxygen atoms in total. The largest absolute Gasteiger partial charge is 0.495 e. The van der Waals surface area contributed by atoms with E-state index in [1.807, 2.05) is 31.3 Å². The van der Waals surface area contributed by atoms with Gasteiger partial charge < -0.3 is 19.4 Å². The van der Waals surface area contributed by atoms with Crippen molar-refractivity contribution in [2.45, 2.75) is 18.9 Å². The second-order valence-corrected chi connectivity index (χ2v) is 8.44. The molecular weight excluding hydrogens is 444 g/mol. The predicted molar refractivity (Wildman–Crippen MR) is 127 cm³/mol. The minimum atomic E-state index is -0.361. The van der Waals surface area contributed by atoms with Gasteiger partial charge in [-0.25, -0.2) is 0 Å². The fourth-order valence-electron chi connectivity index (χ4n) is 4.40. The molecule has 1 fully saturated rings. The molecule has 1 N–H and O–H groups in total. The Labute approximate surface area is 194 Å². The lowest BCUT2D eigenvalue weighted by molar-refractivity contribution is 0.0854. The second kappa shape index (κ2) is 8.53. The molecule has 170 valence electrons. The highest BCUT2D eigenvalue weighted by molar-refractivity contribution is 6.32. The zero-order chi connectivity index (χ0) is 23.1. The van der Waals surface area contributed by atoms with Crippen LogP contribution in [0, 0.1) is 0 Å². The van der Waals surface area contributed by atoms with Crippen molar-refractivity contribution in [1.82, 2.24) is 19.7 Å². The molecule has 0 radical (unpaired) electrons. The molecule has 3 heterocycles. The highest BCUT2D eigenvalue weighted by Gasteiger charge is 2.25. The third-order valence-electron chi connectivity index (χ3n) is 6.05. The second-order valence-electron chi connectivity index (χ2n) is 8.03. The quantitative estimate of drug-likeness (QED) is 0.486. The Kier molecular flexibility index (Phi) is 5.55. The lowest BCUT2D eigenvalue weighted by Crippen LogP contribution is -2.34. The first-order chi connectivity index (χ1) is 16.0. The number of hydrogen-bond acceptors (Lipinski definition) is 5. The first-order valence-electron chi connectivity index (χ1n) is 10.7. The van der Waals surface area contributed by atoms with Crippen molar-refractivity contribution in [3.63, 3.8) is 0 Å². The van der Waals surface area contributed by atoms with Crippen molar-refractivity contribution >= 4 is 39.3 Å². The van der Waals surface area contributed by atoms with Gasteiger partial charge in [-0.3, -0.25) is 9.59 Å². The molecular formula is C24H23ClN4O4. The summed E-state index contributed by atoms with van der Waals surface area (Å²) >= 11 is 6.30. The van der Waals surface area contributed by atoms with Crippen LogP contribution in [0.3, 0.4) is 0 Å². The van der Waals surface area contributed by atoms with E-state index in [9.17, 15) is 9.59 Å². The summed E-state index contributed by atoms with van der Waals surface area (Å²) in [6.45, 7) is 1.09. The fraction of sp³-hybridized carbons (Fsp3) is 0.292. The van der Waals surface area contributed by atoms with Crippen LogP contribution in [0.1, 0.15) is 23.3 Å². The van der Waals surface area contributed by atoms with Gasteiger partial charge >= 0.3 is 0 Å². The van der Waals surface area contributed by atoms with E-state index in [2.05, 4.69) is 10.4 Å². The Hall–Kier alpha value is -3.36. The number of hydrogen-bond donors (Lipinski definition) is 1. The summed E-state index contributed by atoms with van der Waals surface area (Å²) in [7, 11) is 3.33. The Balaban J connectivity index is 1.72. The number of carbonyl (C=O) groups is 1.